The van der Waals surface area contributed by atoms with Crippen LogP contribution in [0.15, 0.2) is 30.3 Å². The van der Waals surface area contributed by atoms with Crippen molar-refractivity contribution in [3.8, 4) is 0 Å². The van der Waals surface area contributed by atoms with Crippen molar-refractivity contribution >= 4 is 0 Å². The van der Waals surface area contributed by atoms with E-state index in [9.17, 15) is 0 Å². The molecule has 1 aromatic rings. The minimum absolute atomic E-state index is 0.0287. The number of hydrogen-bond acceptors (Lipinski definition) is 4. The highest BCUT2D eigenvalue weighted by Crippen LogP contribution is 2.42. The van der Waals surface area contributed by atoms with E-state index in [2.05, 4.69) is 6.92 Å². The first-order valence-electron chi connectivity index (χ1n) is 7.25. The molecule has 3 saturated heterocycles. The predicted octanol–water partition coefficient (Wildman–Crippen LogP) is 2.72. The first kappa shape index (κ1) is 14.0. The lowest BCUT2D eigenvalue weighted by atomic mass is 9.86. The highest BCUT2D eigenvalue weighted by atomic mass is 16.9. The summed E-state index contributed by atoms with van der Waals surface area (Å²) in [6.45, 7) is 6.66. The van der Waals surface area contributed by atoms with Crippen LogP contribution in [0.2, 0.25) is 0 Å². The number of benzene rings is 1. The van der Waals surface area contributed by atoms with Crippen LogP contribution < -0.4 is 0 Å². The SMILES string of the molecule is CCC12COC(C(C)OCc3ccccc3)(OC1)OC2. The Balaban J connectivity index is 1.59. The molecule has 0 aromatic heterocycles. The Morgan fingerprint density at radius 2 is 1.70 bits per heavy atom. The summed E-state index contributed by atoms with van der Waals surface area (Å²) in [5.74, 6) is -1.02. The van der Waals surface area contributed by atoms with E-state index < -0.39 is 5.97 Å². The maximum Gasteiger partial charge on any atom is 0.310 e. The fourth-order valence-electron chi connectivity index (χ4n) is 2.57. The van der Waals surface area contributed by atoms with E-state index in [0.717, 1.165) is 12.0 Å². The quantitative estimate of drug-likeness (QED) is 0.830. The van der Waals surface area contributed by atoms with Gasteiger partial charge >= 0.3 is 5.97 Å². The largest absolute Gasteiger partial charge is 0.365 e. The smallest absolute Gasteiger partial charge is 0.310 e. The van der Waals surface area contributed by atoms with E-state index in [1.807, 2.05) is 37.3 Å². The average Bonchev–Trinajstić information content (AvgIpc) is 2.55. The Morgan fingerprint density at radius 3 is 2.25 bits per heavy atom. The minimum Gasteiger partial charge on any atom is -0.365 e. The molecule has 0 radical (unpaired) electrons. The Labute approximate surface area is 120 Å². The van der Waals surface area contributed by atoms with Crippen molar-refractivity contribution in [2.24, 2.45) is 5.41 Å². The zero-order chi connectivity index (χ0) is 14.1. The number of rotatable bonds is 5. The van der Waals surface area contributed by atoms with Crippen LogP contribution in [0, 0.1) is 5.41 Å². The van der Waals surface area contributed by atoms with Crippen LogP contribution in [0.5, 0.6) is 0 Å². The van der Waals surface area contributed by atoms with Gasteiger partial charge in [-0.2, -0.15) is 0 Å². The third-order valence-electron chi connectivity index (χ3n) is 4.33. The highest BCUT2D eigenvalue weighted by Gasteiger charge is 2.55. The molecule has 0 aliphatic carbocycles. The lowest BCUT2D eigenvalue weighted by molar-refractivity contribution is -0.492. The van der Waals surface area contributed by atoms with Gasteiger partial charge in [-0.25, -0.2) is 0 Å². The van der Waals surface area contributed by atoms with Crippen molar-refractivity contribution in [2.75, 3.05) is 19.8 Å². The van der Waals surface area contributed by atoms with Crippen molar-refractivity contribution in [1.29, 1.82) is 0 Å². The van der Waals surface area contributed by atoms with Gasteiger partial charge < -0.3 is 18.9 Å². The van der Waals surface area contributed by atoms with Gasteiger partial charge in [0.2, 0.25) is 0 Å². The fourth-order valence-corrected chi connectivity index (χ4v) is 2.57. The zero-order valence-electron chi connectivity index (χ0n) is 12.1. The topological polar surface area (TPSA) is 36.9 Å². The summed E-state index contributed by atoms with van der Waals surface area (Å²) in [5, 5.41) is 0. The minimum atomic E-state index is -1.02. The molecular weight excluding hydrogens is 256 g/mol. The fraction of sp³-hybridized carbons (Fsp3) is 0.625. The van der Waals surface area contributed by atoms with E-state index in [1.54, 1.807) is 0 Å². The molecule has 3 fully saturated rings. The molecule has 0 amide bonds. The lowest BCUT2D eigenvalue weighted by Crippen LogP contribution is -2.64. The third kappa shape index (κ3) is 2.49. The Bertz CT molecular complexity index is 421. The second-order valence-corrected chi connectivity index (χ2v) is 5.76. The van der Waals surface area contributed by atoms with Crippen LogP contribution in [0.4, 0.5) is 0 Å². The van der Waals surface area contributed by atoms with Crippen molar-refractivity contribution in [3.63, 3.8) is 0 Å². The molecule has 4 rings (SSSR count). The molecule has 1 atom stereocenters. The standard InChI is InChI=1S/C16H22O4/c1-3-15-10-18-16(19-11-15,20-12-15)13(2)17-9-14-7-5-4-6-8-14/h4-8,13H,3,9-12H2,1-2H3. The van der Waals surface area contributed by atoms with Gasteiger partial charge in [0.15, 0.2) is 0 Å². The van der Waals surface area contributed by atoms with E-state index >= 15 is 0 Å². The lowest BCUT2D eigenvalue weighted by Gasteiger charge is -2.53. The summed E-state index contributed by atoms with van der Waals surface area (Å²) >= 11 is 0. The van der Waals surface area contributed by atoms with Crippen LogP contribution in [0.25, 0.3) is 0 Å². The van der Waals surface area contributed by atoms with Crippen molar-refractivity contribution < 1.29 is 18.9 Å². The maximum absolute atomic E-state index is 5.88. The van der Waals surface area contributed by atoms with Gasteiger partial charge in [-0.1, -0.05) is 37.3 Å². The van der Waals surface area contributed by atoms with Gasteiger partial charge in [-0.3, -0.25) is 0 Å². The van der Waals surface area contributed by atoms with E-state index in [-0.39, 0.29) is 11.5 Å². The maximum atomic E-state index is 5.88. The summed E-state index contributed by atoms with van der Waals surface area (Å²) in [6, 6.07) is 10.1. The van der Waals surface area contributed by atoms with Crippen LogP contribution >= 0.6 is 0 Å². The Hall–Kier alpha value is -0.940. The van der Waals surface area contributed by atoms with E-state index in [0.29, 0.717) is 26.4 Å². The predicted molar refractivity (Wildman–Crippen MR) is 74.0 cm³/mol. The number of ether oxygens (including phenoxy) is 4. The molecule has 1 aromatic carbocycles. The summed E-state index contributed by atoms with van der Waals surface area (Å²) in [4.78, 5) is 0. The Kier molecular flexibility index (Phi) is 3.82. The molecule has 0 N–H and O–H groups in total. The average molecular weight is 278 g/mol. The molecule has 20 heavy (non-hydrogen) atoms. The zero-order valence-corrected chi connectivity index (χ0v) is 12.1. The first-order valence-corrected chi connectivity index (χ1v) is 7.25. The van der Waals surface area contributed by atoms with Gasteiger partial charge in [0.1, 0.15) is 6.10 Å². The van der Waals surface area contributed by atoms with Crippen LogP contribution in [-0.2, 0) is 25.6 Å². The molecule has 2 bridgehead atoms. The van der Waals surface area contributed by atoms with E-state index in [1.165, 1.54) is 0 Å². The number of hydrogen-bond donors (Lipinski definition) is 0. The summed E-state index contributed by atoms with van der Waals surface area (Å²) in [7, 11) is 0. The molecule has 1 unspecified atom stereocenters. The van der Waals surface area contributed by atoms with Gasteiger partial charge in [-0.15, -0.1) is 0 Å². The third-order valence-corrected chi connectivity index (χ3v) is 4.33. The summed E-state index contributed by atoms with van der Waals surface area (Å²) in [5.41, 5.74) is 1.16. The van der Waals surface area contributed by atoms with Crippen molar-refractivity contribution in [2.45, 2.75) is 39.0 Å². The molecule has 110 valence electrons. The van der Waals surface area contributed by atoms with Crippen molar-refractivity contribution in [3.05, 3.63) is 35.9 Å². The first-order chi connectivity index (χ1) is 9.68. The summed E-state index contributed by atoms with van der Waals surface area (Å²) in [6.07, 6.45) is 0.736. The molecule has 3 aliphatic rings. The molecule has 4 nitrogen and oxygen atoms in total. The molecular formula is C16H22O4. The normalized spacial score (nSPS) is 34.1. The second kappa shape index (κ2) is 5.45. The van der Waals surface area contributed by atoms with Gasteiger partial charge in [0, 0.05) is 5.41 Å². The van der Waals surface area contributed by atoms with Crippen LogP contribution in [0.3, 0.4) is 0 Å². The van der Waals surface area contributed by atoms with Crippen molar-refractivity contribution in [1.82, 2.24) is 0 Å². The number of fused-ring (bicyclic) bond motifs is 3. The van der Waals surface area contributed by atoms with Crippen LogP contribution in [0.1, 0.15) is 25.8 Å². The highest BCUT2D eigenvalue weighted by molar-refractivity contribution is 5.13. The molecule has 3 aliphatic heterocycles. The van der Waals surface area contributed by atoms with Gasteiger partial charge in [-0.05, 0) is 18.9 Å². The molecule has 4 heteroatoms. The van der Waals surface area contributed by atoms with Gasteiger partial charge in [0.05, 0.1) is 26.4 Å². The molecule has 3 heterocycles. The van der Waals surface area contributed by atoms with Crippen LogP contribution in [-0.4, -0.2) is 31.9 Å². The van der Waals surface area contributed by atoms with Gasteiger partial charge in [0.25, 0.3) is 0 Å². The monoisotopic (exact) mass is 278 g/mol. The Morgan fingerprint density at radius 1 is 1.10 bits per heavy atom. The summed E-state index contributed by atoms with van der Waals surface area (Å²) < 4.78 is 23.4. The van der Waals surface area contributed by atoms with E-state index in [4.69, 9.17) is 18.9 Å². The molecule has 0 saturated carbocycles. The second-order valence-electron chi connectivity index (χ2n) is 5.76. The molecule has 0 spiro atoms.